The van der Waals surface area contributed by atoms with E-state index in [0.717, 1.165) is 11.3 Å². The Labute approximate surface area is 149 Å². The average Bonchev–Trinajstić information content (AvgIpc) is 2.68. The van der Waals surface area contributed by atoms with Crippen molar-refractivity contribution in [2.75, 3.05) is 5.32 Å². The van der Waals surface area contributed by atoms with E-state index >= 15 is 0 Å². The first kappa shape index (κ1) is 17.1. The van der Waals surface area contributed by atoms with Crippen molar-refractivity contribution in [3.05, 3.63) is 94.3 Å². The molecule has 2 aromatic carbocycles. The molecule has 1 heterocycles. The number of hydrogen-bond donors (Lipinski definition) is 2. The van der Waals surface area contributed by atoms with Crippen molar-refractivity contribution in [2.24, 2.45) is 0 Å². The molecule has 26 heavy (non-hydrogen) atoms. The number of nitro benzene ring substituents is 1. The first-order valence-electron chi connectivity index (χ1n) is 7.91. The fraction of sp³-hybridized carbons (Fsp3) is 0.0526. The first-order chi connectivity index (χ1) is 12.6. The second-order valence-electron chi connectivity index (χ2n) is 5.52. The zero-order valence-corrected chi connectivity index (χ0v) is 13.8. The molecule has 0 aliphatic carbocycles. The summed E-state index contributed by atoms with van der Waals surface area (Å²) in [7, 11) is 0. The molecule has 1 aromatic heterocycles. The summed E-state index contributed by atoms with van der Waals surface area (Å²) in [5.74, 6) is -0.379. The van der Waals surface area contributed by atoms with E-state index in [1.165, 1.54) is 12.1 Å². The lowest BCUT2D eigenvalue weighted by molar-refractivity contribution is -0.383. The van der Waals surface area contributed by atoms with E-state index in [2.05, 4.69) is 15.6 Å². The van der Waals surface area contributed by atoms with Gasteiger partial charge >= 0.3 is 0 Å². The maximum atomic E-state index is 12.3. The maximum absolute atomic E-state index is 12.3. The first-order valence-corrected chi connectivity index (χ1v) is 7.91. The average molecular weight is 348 g/mol. The van der Waals surface area contributed by atoms with E-state index in [1.54, 1.807) is 42.7 Å². The van der Waals surface area contributed by atoms with Gasteiger partial charge in [0.2, 0.25) is 0 Å². The molecule has 0 spiro atoms. The fourth-order valence-corrected chi connectivity index (χ4v) is 2.39. The van der Waals surface area contributed by atoms with Crippen molar-refractivity contribution < 1.29 is 9.72 Å². The summed E-state index contributed by atoms with van der Waals surface area (Å²) in [4.78, 5) is 27.1. The van der Waals surface area contributed by atoms with Crippen LogP contribution in [0.3, 0.4) is 0 Å². The largest absolute Gasteiger partial charge is 0.350 e. The van der Waals surface area contributed by atoms with Crippen molar-refractivity contribution in [2.45, 2.75) is 6.54 Å². The van der Waals surface area contributed by atoms with Crippen molar-refractivity contribution in [1.29, 1.82) is 0 Å². The maximum Gasteiger partial charge on any atom is 0.293 e. The lowest BCUT2D eigenvalue weighted by atomic mass is 10.1. The Balaban J connectivity index is 1.77. The lowest BCUT2D eigenvalue weighted by Gasteiger charge is -2.09. The van der Waals surface area contributed by atoms with Gasteiger partial charge in [-0.25, -0.2) is 0 Å². The SMILES string of the molecule is O=C(NCc1ccncc1)c1ccc(Nc2ccccc2)c([N+](=O)[O-])c1. The molecule has 0 radical (unpaired) electrons. The molecule has 3 aromatic rings. The second-order valence-corrected chi connectivity index (χ2v) is 5.52. The number of nitro groups is 1. The normalized spacial score (nSPS) is 10.2. The van der Waals surface area contributed by atoms with Crippen molar-refractivity contribution in [3.63, 3.8) is 0 Å². The van der Waals surface area contributed by atoms with Gasteiger partial charge in [-0.15, -0.1) is 0 Å². The molecule has 7 heteroatoms. The van der Waals surface area contributed by atoms with Gasteiger partial charge in [0.25, 0.3) is 11.6 Å². The minimum atomic E-state index is -0.509. The van der Waals surface area contributed by atoms with Crippen LogP contribution in [0.1, 0.15) is 15.9 Å². The smallest absolute Gasteiger partial charge is 0.293 e. The van der Waals surface area contributed by atoms with Gasteiger partial charge in [0.1, 0.15) is 5.69 Å². The zero-order chi connectivity index (χ0) is 18.4. The molecular formula is C19H16N4O3. The van der Waals surface area contributed by atoms with Crippen molar-refractivity contribution in [1.82, 2.24) is 10.3 Å². The Morgan fingerprint density at radius 1 is 1.04 bits per heavy atom. The van der Waals surface area contributed by atoms with Gasteiger partial charge in [-0.1, -0.05) is 18.2 Å². The van der Waals surface area contributed by atoms with Gasteiger partial charge in [0.05, 0.1) is 4.92 Å². The molecule has 1 amide bonds. The number of benzene rings is 2. The minimum absolute atomic E-state index is 0.162. The number of rotatable bonds is 6. The lowest BCUT2D eigenvalue weighted by Crippen LogP contribution is -2.22. The molecule has 0 saturated carbocycles. The second kappa shape index (κ2) is 7.89. The van der Waals surface area contributed by atoms with Gasteiger partial charge in [-0.05, 0) is 42.0 Å². The molecule has 2 N–H and O–H groups in total. The number of anilines is 2. The molecule has 0 fully saturated rings. The van der Waals surface area contributed by atoms with Gasteiger partial charge in [0.15, 0.2) is 0 Å². The molecule has 3 rings (SSSR count). The summed E-state index contributed by atoms with van der Waals surface area (Å²) in [6, 6.07) is 17.1. The number of carbonyl (C=O) groups is 1. The quantitative estimate of drug-likeness (QED) is 0.523. The van der Waals surface area contributed by atoms with Crippen LogP contribution in [0.25, 0.3) is 0 Å². The van der Waals surface area contributed by atoms with Crippen LogP contribution in [0.15, 0.2) is 73.1 Å². The number of aromatic nitrogens is 1. The van der Waals surface area contributed by atoms with E-state index in [9.17, 15) is 14.9 Å². The topological polar surface area (TPSA) is 97.2 Å². The highest BCUT2D eigenvalue weighted by Gasteiger charge is 2.17. The summed E-state index contributed by atoms with van der Waals surface area (Å²) in [6.45, 7) is 0.319. The highest BCUT2D eigenvalue weighted by Crippen LogP contribution is 2.28. The molecule has 0 saturated heterocycles. The van der Waals surface area contributed by atoms with Gasteiger partial charge in [-0.2, -0.15) is 0 Å². The monoisotopic (exact) mass is 348 g/mol. The van der Waals surface area contributed by atoms with Crippen LogP contribution in [0.5, 0.6) is 0 Å². The predicted octanol–water partition coefficient (Wildman–Crippen LogP) is 3.66. The van der Waals surface area contributed by atoms with Crippen LogP contribution in [0, 0.1) is 10.1 Å². The van der Waals surface area contributed by atoms with Crippen LogP contribution in [-0.4, -0.2) is 15.8 Å². The van der Waals surface area contributed by atoms with Crippen LogP contribution in [-0.2, 0) is 6.54 Å². The summed E-state index contributed by atoms with van der Waals surface area (Å²) in [5.41, 5.74) is 2.01. The third-order valence-electron chi connectivity index (χ3n) is 3.71. The summed E-state index contributed by atoms with van der Waals surface area (Å²) >= 11 is 0. The minimum Gasteiger partial charge on any atom is -0.350 e. The Kier molecular flexibility index (Phi) is 5.19. The van der Waals surface area contributed by atoms with Gasteiger partial charge < -0.3 is 10.6 Å². The number of amides is 1. The van der Waals surface area contributed by atoms with Crippen LogP contribution in [0.4, 0.5) is 17.1 Å². The number of para-hydroxylation sites is 1. The molecule has 0 bridgehead atoms. The van der Waals surface area contributed by atoms with Crippen molar-refractivity contribution >= 4 is 23.0 Å². The van der Waals surface area contributed by atoms with Crippen LogP contribution in [0.2, 0.25) is 0 Å². The van der Waals surface area contributed by atoms with Crippen LogP contribution < -0.4 is 10.6 Å². The summed E-state index contributed by atoms with van der Waals surface area (Å²) in [6.07, 6.45) is 3.27. The summed E-state index contributed by atoms with van der Waals surface area (Å²) < 4.78 is 0. The molecule has 0 aliphatic heterocycles. The Hall–Kier alpha value is -3.74. The third-order valence-corrected chi connectivity index (χ3v) is 3.71. The molecule has 0 atom stereocenters. The van der Waals surface area contributed by atoms with E-state index < -0.39 is 4.92 Å². The van der Waals surface area contributed by atoms with Gasteiger partial charge in [0, 0.05) is 36.3 Å². The standard InChI is InChI=1S/C19H16N4O3/c24-19(21-13-14-8-10-20-11-9-14)15-6-7-17(18(12-15)23(25)26)22-16-4-2-1-3-5-16/h1-12,22H,13H2,(H,21,24). The van der Waals surface area contributed by atoms with Crippen LogP contribution >= 0.6 is 0 Å². The number of hydrogen-bond acceptors (Lipinski definition) is 5. The predicted molar refractivity (Wildman–Crippen MR) is 98.2 cm³/mol. The molecule has 0 aliphatic rings. The van der Waals surface area contributed by atoms with E-state index in [0.29, 0.717) is 12.2 Å². The van der Waals surface area contributed by atoms with Crippen molar-refractivity contribution in [3.8, 4) is 0 Å². The number of carbonyl (C=O) groups excluding carboxylic acids is 1. The number of nitrogens with zero attached hydrogens (tertiary/aromatic N) is 2. The highest BCUT2D eigenvalue weighted by molar-refractivity contribution is 5.95. The Bertz CT molecular complexity index is 915. The number of nitrogens with one attached hydrogen (secondary N) is 2. The molecule has 0 unspecified atom stereocenters. The fourth-order valence-electron chi connectivity index (χ4n) is 2.39. The van der Waals surface area contributed by atoms with E-state index in [-0.39, 0.29) is 17.2 Å². The molecule has 7 nitrogen and oxygen atoms in total. The zero-order valence-electron chi connectivity index (χ0n) is 13.8. The Morgan fingerprint density at radius 2 is 1.77 bits per heavy atom. The third kappa shape index (κ3) is 4.21. The Morgan fingerprint density at radius 3 is 2.46 bits per heavy atom. The summed E-state index contributed by atoms with van der Waals surface area (Å²) in [5, 5.41) is 17.1. The van der Waals surface area contributed by atoms with E-state index in [1.807, 2.05) is 18.2 Å². The molecular weight excluding hydrogens is 332 g/mol. The van der Waals surface area contributed by atoms with E-state index in [4.69, 9.17) is 0 Å². The van der Waals surface area contributed by atoms with Gasteiger partial charge in [-0.3, -0.25) is 19.9 Å². The number of pyridine rings is 1. The highest BCUT2D eigenvalue weighted by atomic mass is 16.6. The molecule has 130 valence electrons.